The molecule has 19 heavy (non-hydrogen) atoms. The Morgan fingerprint density at radius 2 is 2.05 bits per heavy atom. The second kappa shape index (κ2) is 4.13. The van der Waals surface area contributed by atoms with Crippen molar-refractivity contribution >= 4 is 29.4 Å². The number of oxime groups is 1. The van der Waals surface area contributed by atoms with E-state index in [0.29, 0.717) is 5.71 Å². The Labute approximate surface area is 116 Å². The summed E-state index contributed by atoms with van der Waals surface area (Å²) in [6, 6.07) is -0.816. The smallest absolute Gasteiger partial charge is 0.327 e. The number of carboxylic acid groups (broad SMARTS) is 1. The third kappa shape index (κ3) is 2.31. The van der Waals surface area contributed by atoms with Gasteiger partial charge in [0.15, 0.2) is 5.71 Å². The van der Waals surface area contributed by atoms with Gasteiger partial charge in [-0.2, -0.15) is 0 Å². The van der Waals surface area contributed by atoms with Crippen LogP contribution in [0.25, 0.3) is 0 Å². The minimum absolute atomic E-state index is 0.303. The standard InChI is InChI=1S/C12H18N2O4S/c1-11(2,3)18-13-6-8(15)14-7(10(16)17)12(4,5)19-9(6)14/h7,9H,1-5H3,(H,16,17)/b13-6-/t7-,9+/m0/s1. The SMILES string of the molecule is CC(C)(C)O/N=C1/C(=O)N2[C@@H]1SC(C)(C)[C@@H]2C(=O)O. The number of hydrogen-bond donors (Lipinski definition) is 1. The van der Waals surface area contributed by atoms with E-state index in [1.807, 2.05) is 34.6 Å². The zero-order valence-electron chi connectivity index (χ0n) is 11.6. The highest BCUT2D eigenvalue weighted by molar-refractivity contribution is 8.02. The van der Waals surface area contributed by atoms with Crippen molar-refractivity contribution < 1.29 is 19.5 Å². The zero-order valence-corrected chi connectivity index (χ0v) is 12.4. The largest absolute Gasteiger partial charge is 0.480 e. The maximum absolute atomic E-state index is 12.0. The number of rotatable bonds is 2. The third-order valence-corrected chi connectivity index (χ3v) is 4.45. The number of carbonyl (C=O) groups excluding carboxylic acids is 1. The molecule has 106 valence electrons. The molecule has 0 radical (unpaired) electrons. The average molecular weight is 286 g/mol. The molecule has 0 saturated carbocycles. The Balaban J connectivity index is 2.21. The summed E-state index contributed by atoms with van der Waals surface area (Å²) in [5.41, 5.74) is -0.171. The van der Waals surface area contributed by atoms with Crippen LogP contribution in [0.4, 0.5) is 0 Å². The zero-order chi connectivity index (χ0) is 14.6. The molecule has 1 amide bonds. The summed E-state index contributed by atoms with van der Waals surface area (Å²) in [7, 11) is 0. The third-order valence-electron chi connectivity index (χ3n) is 2.94. The molecule has 2 fully saturated rings. The molecule has 7 heteroatoms. The molecule has 2 saturated heterocycles. The lowest BCUT2D eigenvalue weighted by molar-refractivity contribution is -0.150. The van der Waals surface area contributed by atoms with Gasteiger partial charge in [0.25, 0.3) is 5.91 Å². The predicted octanol–water partition coefficient (Wildman–Crippen LogP) is 1.30. The number of amides is 1. The topological polar surface area (TPSA) is 79.2 Å². The van der Waals surface area contributed by atoms with E-state index in [0.717, 1.165) is 0 Å². The fourth-order valence-corrected chi connectivity index (χ4v) is 3.65. The molecule has 0 bridgehead atoms. The minimum Gasteiger partial charge on any atom is -0.480 e. The van der Waals surface area contributed by atoms with E-state index >= 15 is 0 Å². The lowest BCUT2D eigenvalue weighted by atomic mass is 9.98. The Morgan fingerprint density at radius 1 is 1.47 bits per heavy atom. The normalized spacial score (nSPS) is 31.1. The number of carbonyl (C=O) groups is 2. The Bertz CT molecular complexity index is 467. The molecule has 2 aliphatic heterocycles. The first kappa shape index (κ1) is 14.2. The van der Waals surface area contributed by atoms with Crippen molar-refractivity contribution in [3.63, 3.8) is 0 Å². The van der Waals surface area contributed by atoms with E-state index in [4.69, 9.17) is 4.84 Å². The van der Waals surface area contributed by atoms with Crippen LogP contribution in [0.3, 0.4) is 0 Å². The molecular weight excluding hydrogens is 268 g/mol. The molecule has 0 aromatic rings. The maximum atomic E-state index is 12.0. The lowest BCUT2D eigenvalue weighted by Gasteiger charge is -2.37. The molecule has 0 aromatic carbocycles. The van der Waals surface area contributed by atoms with Crippen LogP contribution in [-0.2, 0) is 14.4 Å². The monoisotopic (exact) mass is 286 g/mol. The highest BCUT2D eigenvalue weighted by Crippen LogP contribution is 2.49. The van der Waals surface area contributed by atoms with Gasteiger partial charge in [-0.15, -0.1) is 11.8 Å². The van der Waals surface area contributed by atoms with E-state index in [1.165, 1.54) is 16.7 Å². The average Bonchev–Trinajstić information content (AvgIpc) is 2.45. The van der Waals surface area contributed by atoms with Crippen LogP contribution in [0, 0.1) is 0 Å². The van der Waals surface area contributed by atoms with Crippen molar-refractivity contribution in [2.45, 2.75) is 56.4 Å². The van der Waals surface area contributed by atoms with Crippen LogP contribution in [0.5, 0.6) is 0 Å². The van der Waals surface area contributed by atoms with E-state index in [1.54, 1.807) is 0 Å². The molecule has 2 aliphatic rings. The number of fused-ring (bicyclic) bond motifs is 1. The Hall–Kier alpha value is -1.24. The summed E-state index contributed by atoms with van der Waals surface area (Å²) in [6.45, 7) is 9.16. The minimum atomic E-state index is -0.982. The first-order chi connectivity index (χ1) is 8.54. The Kier molecular flexibility index (Phi) is 3.08. The van der Waals surface area contributed by atoms with Gasteiger partial charge in [-0.25, -0.2) is 4.79 Å². The fraction of sp³-hybridized carbons (Fsp3) is 0.750. The van der Waals surface area contributed by atoms with Crippen molar-refractivity contribution in [1.82, 2.24) is 4.90 Å². The van der Waals surface area contributed by atoms with Crippen LogP contribution >= 0.6 is 11.8 Å². The highest BCUT2D eigenvalue weighted by Gasteiger charge is 2.63. The quantitative estimate of drug-likeness (QED) is 0.611. The first-order valence-corrected chi connectivity index (χ1v) is 6.92. The van der Waals surface area contributed by atoms with Gasteiger partial charge in [0, 0.05) is 4.75 Å². The molecule has 6 nitrogen and oxygen atoms in total. The lowest BCUT2D eigenvalue weighted by Crippen LogP contribution is -2.63. The number of aliphatic carboxylic acids is 1. The van der Waals surface area contributed by atoms with Gasteiger partial charge < -0.3 is 14.8 Å². The van der Waals surface area contributed by atoms with E-state index in [2.05, 4.69) is 5.16 Å². The van der Waals surface area contributed by atoms with Crippen molar-refractivity contribution in [3.8, 4) is 0 Å². The van der Waals surface area contributed by atoms with Gasteiger partial charge in [-0.3, -0.25) is 4.79 Å². The van der Waals surface area contributed by atoms with Crippen molar-refractivity contribution in [3.05, 3.63) is 0 Å². The molecule has 2 atom stereocenters. The maximum Gasteiger partial charge on any atom is 0.327 e. The molecule has 1 N–H and O–H groups in total. The first-order valence-electron chi connectivity index (χ1n) is 6.04. The Morgan fingerprint density at radius 3 is 2.53 bits per heavy atom. The highest BCUT2D eigenvalue weighted by atomic mass is 32.2. The molecule has 0 spiro atoms. The summed E-state index contributed by atoms with van der Waals surface area (Å²) in [5.74, 6) is -1.33. The molecular formula is C12H18N2O4S. The van der Waals surface area contributed by atoms with Gasteiger partial charge in [-0.1, -0.05) is 5.16 Å². The van der Waals surface area contributed by atoms with Crippen LogP contribution in [0.2, 0.25) is 0 Å². The van der Waals surface area contributed by atoms with Gasteiger partial charge in [-0.05, 0) is 34.6 Å². The van der Waals surface area contributed by atoms with Crippen LogP contribution < -0.4 is 0 Å². The van der Waals surface area contributed by atoms with E-state index in [9.17, 15) is 14.7 Å². The number of carboxylic acids is 1. The van der Waals surface area contributed by atoms with Crippen molar-refractivity contribution in [2.24, 2.45) is 5.16 Å². The fourth-order valence-electron chi connectivity index (χ4n) is 2.15. The van der Waals surface area contributed by atoms with Crippen LogP contribution in [-0.4, -0.2) is 49.4 Å². The number of β-lactam (4-membered cyclic amide) rings is 1. The predicted molar refractivity (Wildman–Crippen MR) is 72.0 cm³/mol. The summed E-state index contributed by atoms with van der Waals surface area (Å²) >= 11 is 1.43. The summed E-state index contributed by atoms with van der Waals surface area (Å²) in [5, 5.41) is 12.8. The van der Waals surface area contributed by atoms with Gasteiger partial charge in [0.2, 0.25) is 0 Å². The van der Waals surface area contributed by atoms with Crippen molar-refractivity contribution in [2.75, 3.05) is 0 Å². The van der Waals surface area contributed by atoms with Crippen LogP contribution in [0.15, 0.2) is 5.16 Å². The second-order valence-corrected chi connectivity index (χ2v) is 7.94. The molecule has 0 aliphatic carbocycles. The van der Waals surface area contributed by atoms with Crippen molar-refractivity contribution in [1.29, 1.82) is 0 Å². The summed E-state index contributed by atoms with van der Waals surface area (Å²) < 4.78 is -0.537. The summed E-state index contributed by atoms with van der Waals surface area (Å²) in [4.78, 5) is 29.9. The van der Waals surface area contributed by atoms with E-state index < -0.39 is 22.4 Å². The molecule has 0 aromatic heterocycles. The number of nitrogens with zero attached hydrogens (tertiary/aromatic N) is 2. The molecule has 2 rings (SSSR count). The van der Waals surface area contributed by atoms with Gasteiger partial charge in [0.05, 0.1) is 0 Å². The van der Waals surface area contributed by atoms with Gasteiger partial charge in [0.1, 0.15) is 17.0 Å². The van der Waals surface area contributed by atoms with Crippen LogP contribution in [0.1, 0.15) is 34.6 Å². The number of thioether (sulfide) groups is 1. The summed E-state index contributed by atoms with van der Waals surface area (Å²) in [6.07, 6.45) is 0. The molecule has 0 unspecified atom stereocenters. The van der Waals surface area contributed by atoms with E-state index in [-0.39, 0.29) is 11.3 Å². The second-order valence-electron chi connectivity index (χ2n) is 6.21. The number of hydrogen-bond acceptors (Lipinski definition) is 5. The van der Waals surface area contributed by atoms with Gasteiger partial charge >= 0.3 is 5.97 Å². The molecule has 2 heterocycles.